The molecular formula is C16H20N2O. The summed E-state index contributed by atoms with van der Waals surface area (Å²) >= 11 is 0. The first-order valence-electron chi connectivity index (χ1n) is 7.42. The van der Waals surface area contributed by atoms with Gasteiger partial charge in [0.2, 0.25) is 5.91 Å². The summed E-state index contributed by atoms with van der Waals surface area (Å²) in [5.74, 6) is 1.07. The summed E-state index contributed by atoms with van der Waals surface area (Å²) in [6.45, 7) is 2.21. The molecule has 3 aliphatic rings. The lowest BCUT2D eigenvalue weighted by atomic mass is 9.83. The van der Waals surface area contributed by atoms with Gasteiger partial charge in [-0.2, -0.15) is 0 Å². The first kappa shape index (κ1) is 11.5. The molecule has 4 rings (SSSR count). The Labute approximate surface area is 114 Å². The Morgan fingerprint density at radius 2 is 2.16 bits per heavy atom. The Morgan fingerprint density at radius 3 is 3.00 bits per heavy atom. The zero-order chi connectivity index (χ0) is 12.9. The molecule has 1 saturated carbocycles. The van der Waals surface area contributed by atoms with Gasteiger partial charge in [-0.25, -0.2) is 0 Å². The summed E-state index contributed by atoms with van der Waals surface area (Å²) in [6.07, 6.45) is 5.76. The molecule has 1 spiro atoms. The van der Waals surface area contributed by atoms with Crippen LogP contribution in [-0.4, -0.2) is 29.4 Å². The van der Waals surface area contributed by atoms with Crippen LogP contribution >= 0.6 is 0 Å². The van der Waals surface area contributed by atoms with E-state index in [-0.39, 0.29) is 11.4 Å². The molecule has 1 unspecified atom stereocenters. The number of benzene rings is 1. The zero-order valence-corrected chi connectivity index (χ0v) is 11.2. The van der Waals surface area contributed by atoms with Crippen molar-refractivity contribution in [1.82, 2.24) is 4.90 Å². The number of anilines is 1. The average molecular weight is 256 g/mol. The van der Waals surface area contributed by atoms with Crippen LogP contribution in [0.15, 0.2) is 24.3 Å². The van der Waals surface area contributed by atoms with Crippen molar-refractivity contribution < 1.29 is 4.79 Å². The van der Waals surface area contributed by atoms with Gasteiger partial charge < -0.3 is 5.32 Å². The SMILES string of the molecule is O=C1Nc2ccccc2CC12CCCN2CC1CC1. The van der Waals surface area contributed by atoms with Crippen molar-refractivity contribution in [1.29, 1.82) is 0 Å². The van der Waals surface area contributed by atoms with Crippen molar-refractivity contribution >= 4 is 11.6 Å². The van der Waals surface area contributed by atoms with Gasteiger partial charge >= 0.3 is 0 Å². The number of fused-ring (bicyclic) bond motifs is 1. The molecule has 2 heterocycles. The minimum atomic E-state index is -0.253. The highest BCUT2D eigenvalue weighted by atomic mass is 16.2. The number of carbonyl (C=O) groups excluding carboxylic acids is 1. The molecule has 2 fully saturated rings. The smallest absolute Gasteiger partial charge is 0.245 e. The summed E-state index contributed by atoms with van der Waals surface area (Å²) < 4.78 is 0. The number of carbonyl (C=O) groups is 1. The quantitative estimate of drug-likeness (QED) is 0.881. The Bertz CT molecular complexity index is 523. The van der Waals surface area contributed by atoms with Gasteiger partial charge in [-0.15, -0.1) is 0 Å². The van der Waals surface area contributed by atoms with E-state index in [1.54, 1.807) is 0 Å². The number of hydrogen-bond acceptors (Lipinski definition) is 2. The third-order valence-electron chi connectivity index (χ3n) is 4.97. The van der Waals surface area contributed by atoms with E-state index < -0.39 is 0 Å². The van der Waals surface area contributed by atoms with Crippen LogP contribution in [0.4, 0.5) is 5.69 Å². The van der Waals surface area contributed by atoms with E-state index in [1.807, 2.05) is 12.1 Å². The number of amides is 1. The third kappa shape index (κ3) is 1.79. The highest BCUT2D eigenvalue weighted by molar-refractivity contribution is 6.01. The summed E-state index contributed by atoms with van der Waals surface area (Å²) in [5, 5.41) is 3.14. The summed E-state index contributed by atoms with van der Waals surface area (Å²) in [7, 11) is 0. The van der Waals surface area contributed by atoms with Crippen LogP contribution in [0.2, 0.25) is 0 Å². The van der Waals surface area contributed by atoms with Crippen LogP contribution in [0.5, 0.6) is 0 Å². The van der Waals surface area contributed by atoms with Crippen molar-refractivity contribution in [3.8, 4) is 0 Å². The maximum atomic E-state index is 12.6. The molecule has 19 heavy (non-hydrogen) atoms. The molecule has 1 N–H and O–H groups in total. The molecule has 3 heteroatoms. The normalized spacial score (nSPS) is 30.4. The van der Waals surface area contributed by atoms with Gasteiger partial charge in [0.1, 0.15) is 5.54 Å². The second-order valence-electron chi connectivity index (χ2n) is 6.31. The molecule has 3 nitrogen and oxygen atoms in total. The Hall–Kier alpha value is -1.35. The Morgan fingerprint density at radius 1 is 1.32 bits per heavy atom. The van der Waals surface area contributed by atoms with Crippen LogP contribution in [0.25, 0.3) is 0 Å². The fourth-order valence-corrected chi connectivity index (χ4v) is 3.70. The maximum Gasteiger partial charge on any atom is 0.245 e. The van der Waals surface area contributed by atoms with Gasteiger partial charge in [-0.05, 0) is 49.8 Å². The van der Waals surface area contributed by atoms with Crippen molar-refractivity contribution in [2.75, 3.05) is 18.4 Å². The van der Waals surface area contributed by atoms with E-state index in [9.17, 15) is 4.79 Å². The molecule has 1 aliphatic carbocycles. The average Bonchev–Trinajstić information content (AvgIpc) is 3.14. The van der Waals surface area contributed by atoms with E-state index in [1.165, 1.54) is 18.4 Å². The van der Waals surface area contributed by atoms with E-state index in [0.717, 1.165) is 44.0 Å². The number of nitrogens with one attached hydrogen (secondary N) is 1. The summed E-state index contributed by atoms with van der Waals surface area (Å²) in [4.78, 5) is 15.1. The standard InChI is InChI=1S/C16H20N2O/c19-15-16(8-3-9-18(16)11-12-6-7-12)10-13-4-1-2-5-14(13)17-15/h1-2,4-5,12H,3,6-11H2,(H,17,19). The van der Waals surface area contributed by atoms with E-state index in [2.05, 4.69) is 22.3 Å². The van der Waals surface area contributed by atoms with Crippen LogP contribution in [0.1, 0.15) is 31.2 Å². The lowest BCUT2D eigenvalue weighted by Crippen LogP contribution is -2.57. The highest BCUT2D eigenvalue weighted by Crippen LogP contribution is 2.41. The molecule has 1 saturated heterocycles. The van der Waals surface area contributed by atoms with Crippen LogP contribution in [-0.2, 0) is 11.2 Å². The molecule has 0 aromatic heterocycles. The predicted octanol–water partition coefficient (Wildman–Crippen LogP) is 2.43. The van der Waals surface area contributed by atoms with E-state index in [0.29, 0.717) is 0 Å². The lowest BCUT2D eigenvalue weighted by molar-refractivity contribution is -0.127. The fraction of sp³-hybridized carbons (Fsp3) is 0.562. The fourth-order valence-electron chi connectivity index (χ4n) is 3.70. The molecule has 1 atom stereocenters. The van der Waals surface area contributed by atoms with Gasteiger partial charge in [-0.1, -0.05) is 18.2 Å². The van der Waals surface area contributed by atoms with Crippen molar-refractivity contribution in [2.45, 2.75) is 37.6 Å². The largest absolute Gasteiger partial charge is 0.324 e. The highest BCUT2D eigenvalue weighted by Gasteiger charge is 2.50. The first-order valence-corrected chi connectivity index (χ1v) is 7.42. The molecule has 2 aliphatic heterocycles. The van der Waals surface area contributed by atoms with E-state index in [4.69, 9.17) is 0 Å². The number of para-hydroxylation sites is 1. The molecule has 1 aromatic carbocycles. The van der Waals surface area contributed by atoms with Crippen LogP contribution < -0.4 is 5.32 Å². The Kier molecular flexibility index (Phi) is 2.46. The second kappa shape index (κ2) is 4.07. The maximum absolute atomic E-state index is 12.6. The van der Waals surface area contributed by atoms with Crippen molar-refractivity contribution in [3.05, 3.63) is 29.8 Å². The third-order valence-corrected chi connectivity index (χ3v) is 4.97. The number of rotatable bonds is 2. The topological polar surface area (TPSA) is 32.3 Å². The van der Waals surface area contributed by atoms with E-state index >= 15 is 0 Å². The molecular weight excluding hydrogens is 236 g/mol. The molecule has 1 aromatic rings. The minimum Gasteiger partial charge on any atom is -0.324 e. The van der Waals surface area contributed by atoms with Crippen LogP contribution in [0, 0.1) is 5.92 Å². The first-order chi connectivity index (χ1) is 9.28. The summed E-state index contributed by atoms with van der Waals surface area (Å²) in [5.41, 5.74) is 2.05. The number of likely N-dealkylation sites (tertiary alicyclic amines) is 1. The molecule has 1 amide bonds. The van der Waals surface area contributed by atoms with Gasteiger partial charge in [0, 0.05) is 18.7 Å². The minimum absolute atomic E-state index is 0.226. The van der Waals surface area contributed by atoms with Crippen molar-refractivity contribution in [3.63, 3.8) is 0 Å². The lowest BCUT2D eigenvalue weighted by Gasteiger charge is -2.41. The van der Waals surface area contributed by atoms with Gasteiger partial charge in [0.15, 0.2) is 0 Å². The summed E-state index contributed by atoms with van der Waals surface area (Å²) in [6, 6.07) is 8.24. The molecule has 100 valence electrons. The molecule has 0 bridgehead atoms. The number of hydrogen-bond donors (Lipinski definition) is 1. The predicted molar refractivity (Wildman–Crippen MR) is 75.0 cm³/mol. The van der Waals surface area contributed by atoms with Gasteiger partial charge in [0.25, 0.3) is 0 Å². The second-order valence-corrected chi connectivity index (χ2v) is 6.31. The van der Waals surface area contributed by atoms with Crippen molar-refractivity contribution in [2.24, 2.45) is 5.92 Å². The number of nitrogens with zero attached hydrogens (tertiary/aromatic N) is 1. The molecule has 0 radical (unpaired) electrons. The monoisotopic (exact) mass is 256 g/mol. The Balaban J connectivity index is 1.67. The van der Waals surface area contributed by atoms with Gasteiger partial charge in [0.05, 0.1) is 0 Å². The van der Waals surface area contributed by atoms with Crippen LogP contribution in [0.3, 0.4) is 0 Å². The van der Waals surface area contributed by atoms with Gasteiger partial charge in [-0.3, -0.25) is 9.69 Å². The zero-order valence-electron chi connectivity index (χ0n) is 11.2.